The number of alkyl halides is 2. The average Bonchev–Trinajstić information content (AvgIpc) is 2.84. The minimum absolute atomic E-state index is 0.250. The fourth-order valence-electron chi connectivity index (χ4n) is 2.24. The number of esters is 1. The lowest BCUT2D eigenvalue weighted by Crippen LogP contribution is -2.36. The Balaban J connectivity index is 0. The molecule has 2 amide bonds. The van der Waals surface area contributed by atoms with Gasteiger partial charge in [-0.25, -0.2) is 4.79 Å². The molecule has 0 aromatic heterocycles. The van der Waals surface area contributed by atoms with E-state index in [1.165, 1.54) is 12.7 Å². The van der Waals surface area contributed by atoms with Gasteiger partial charge < -0.3 is 25.6 Å². The second kappa shape index (κ2) is 21.8. The van der Waals surface area contributed by atoms with E-state index in [9.17, 15) is 18.4 Å². The van der Waals surface area contributed by atoms with Gasteiger partial charge in [0.1, 0.15) is 17.5 Å². The van der Waals surface area contributed by atoms with E-state index in [-0.39, 0.29) is 12.4 Å². The highest BCUT2D eigenvalue weighted by atomic mass is 19.3. The molecule has 9 nitrogen and oxygen atoms in total. The number of benzene rings is 2. The van der Waals surface area contributed by atoms with Crippen molar-refractivity contribution in [2.45, 2.75) is 45.8 Å². The molecule has 0 aliphatic carbocycles. The van der Waals surface area contributed by atoms with Crippen LogP contribution < -0.4 is 15.8 Å². The monoisotopic (exact) mass is 495 g/mol. The van der Waals surface area contributed by atoms with Gasteiger partial charge in [0.05, 0.1) is 18.7 Å². The van der Waals surface area contributed by atoms with E-state index in [4.69, 9.17) is 19.9 Å². The number of aliphatic hydroxyl groups is 1. The van der Waals surface area contributed by atoms with Gasteiger partial charge in [-0.15, -0.1) is 0 Å². The predicted molar refractivity (Wildman–Crippen MR) is 125 cm³/mol. The first-order valence-electron chi connectivity index (χ1n) is 10.3. The van der Waals surface area contributed by atoms with Gasteiger partial charge in [0.25, 0.3) is 0 Å². The third-order valence-corrected chi connectivity index (χ3v) is 3.84. The van der Waals surface area contributed by atoms with Gasteiger partial charge >= 0.3 is 12.6 Å². The van der Waals surface area contributed by atoms with Crippen LogP contribution in [0.15, 0.2) is 48.5 Å². The van der Waals surface area contributed by atoms with E-state index in [1.807, 2.05) is 38.1 Å². The number of ether oxygens (including phenoxy) is 2. The zero-order valence-corrected chi connectivity index (χ0v) is 19.8. The third kappa shape index (κ3) is 19.2. The number of rotatable bonds is 8. The number of nitriles is 1. The van der Waals surface area contributed by atoms with Crippen molar-refractivity contribution in [2.24, 2.45) is 5.73 Å². The number of primary amides is 1. The summed E-state index contributed by atoms with van der Waals surface area (Å²) in [5.41, 5.74) is 6.00. The van der Waals surface area contributed by atoms with Gasteiger partial charge in [-0.1, -0.05) is 37.5 Å². The zero-order valence-electron chi connectivity index (χ0n) is 19.8. The van der Waals surface area contributed by atoms with E-state index in [0.29, 0.717) is 18.4 Å². The number of aryl methyl sites for hydroxylation is 1. The minimum atomic E-state index is -3.17. The Kier molecular flexibility index (Phi) is 20.6. The number of methoxy groups -OCH3 is 1. The van der Waals surface area contributed by atoms with Crippen molar-refractivity contribution >= 4 is 18.8 Å². The number of nitrogens with two attached hydrogens (primary N) is 1. The first-order chi connectivity index (χ1) is 16.7. The van der Waals surface area contributed by atoms with E-state index in [0.717, 1.165) is 24.3 Å². The maximum atomic E-state index is 11.0. The summed E-state index contributed by atoms with van der Waals surface area (Å²) in [6.45, 7) is 0.890. The summed E-state index contributed by atoms with van der Waals surface area (Å²) in [7, 11) is 1.31. The molecule has 2 aromatic rings. The second-order valence-corrected chi connectivity index (χ2v) is 6.47. The SMILES string of the molecule is CCCCC(NC=O)C(=O)OC.Cc1ccc(Oc2ccc(C#N)cc2)cc1.NC=O.OC(F)F. The van der Waals surface area contributed by atoms with Crippen LogP contribution >= 0.6 is 0 Å². The van der Waals surface area contributed by atoms with Crippen LogP contribution in [0.5, 0.6) is 11.5 Å². The van der Waals surface area contributed by atoms with Crippen LogP contribution in [-0.4, -0.2) is 43.7 Å². The van der Waals surface area contributed by atoms with Crippen molar-refractivity contribution in [3.05, 3.63) is 59.7 Å². The summed E-state index contributed by atoms with van der Waals surface area (Å²) in [6.07, 6.45) is 3.31. The molecule has 0 fully saturated rings. The Bertz CT molecular complexity index is 870. The Hall–Kier alpha value is -4.04. The van der Waals surface area contributed by atoms with Gasteiger partial charge in [0.15, 0.2) is 0 Å². The molecule has 0 saturated heterocycles. The fourth-order valence-corrected chi connectivity index (χ4v) is 2.24. The Labute approximate surface area is 203 Å². The number of hydrogen-bond donors (Lipinski definition) is 3. The maximum absolute atomic E-state index is 11.0. The summed E-state index contributed by atoms with van der Waals surface area (Å²) in [6, 6.07) is 16.5. The number of carbonyl (C=O) groups is 3. The van der Waals surface area contributed by atoms with Crippen LogP contribution in [0.2, 0.25) is 0 Å². The maximum Gasteiger partial charge on any atom is 0.342 e. The van der Waals surface area contributed by atoms with Crippen molar-refractivity contribution < 1.29 is 37.7 Å². The van der Waals surface area contributed by atoms with Gasteiger partial charge in [-0.2, -0.15) is 14.0 Å². The normalized spacial score (nSPS) is 9.77. The minimum Gasteiger partial charge on any atom is -0.467 e. The van der Waals surface area contributed by atoms with Crippen LogP contribution in [0.1, 0.15) is 37.3 Å². The van der Waals surface area contributed by atoms with Crippen molar-refractivity contribution in [2.75, 3.05) is 7.11 Å². The molecule has 11 heteroatoms. The number of halogens is 2. The number of unbranched alkanes of at least 4 members (excludes halogenated alkanes) is 1. The van der Waals surface area contributed by atoms with Crippen LogP contribution in [0.3, 0.4) is 0 Å². The number of amides is 2. The largest absolute Gasteiger partial charge is 0.467 e. The lowest BCUT2D eigenvalue weighted by atomic mass is 10.1. The third-order valence-electron chi connectivity index (χ3n) is 3.84. The lowest BCUT2D eigenvalue weighted by molar-refractivity contribution is -0.144. The van der Waals surface area contributed by atoms with Crippen LogP contribution in [-0.2, 0) is 19.1 Å². The fraction of sp³-hybridized carbons (Fsp3) is 0.333. The predicted octanol–water partition coefficient (Wildman–Crippen LogP) is 3.43. The molecular weight excluding hydrogens is 464 g/mol. The molecule has 2 aromatic carbocycles. The molecule has 1 unspecified atom stereocenters. The number of nitrogens with zero attached hydrogens (tertiary/aromatic N) is 1. The van der Waals surface area contributed by atoms with E-state index in [2.05, 4.69) is 21.9 Å². The standard InChI is InChI=1S/C14H11NO.C8H15NO3.CH2F2O.CH3NO/c1-11-2-6-13(7-3-11)16-14-8-4-12(10-15)5-9-14;1-3-4-5-7(9-6-10)8(11)12-2;2-1(3)4;2-1-3/h2-9H,1H3;6-7H,3-5H2,1-2H3,(H,9,10);1,4H;1H,(H2,2,3). The van der Waals surface area contributed by atoms with E-state index >= 15 is 0 Å². The topological polar surface area (TPSA) is 152 Å². The lowest BCUT2D eigenvalue weighted by Gasteiger charge is -2.12. The summed E-state index contributed by atoms with van der Waals surface area (Å²) in [4.78, 5) is 29.6. The van der Waals surface area contributed by atoms with Gasteiger partial charge in [0.2, 0.25) is 12.8 Å². The van der Waals surface area contributed by atoms with Crippen molar-refractivity contribution in [1.29, 1.82) is 5.26 Å². The summed E-state index contributed by atoms with van der Waals surface area (Å²) in [5.74, 6) is 1.16. The van der Waals surface area contributed by atoms with Gasteiger partial charge in [-0.3, -0.25) is 9.59 Å². The van der Waals surface area contributed by atoms with Crippen molar-refractivity contribution in [3.8, 4) is 17.6 Å². The van der Waals surface area contributed by atoms with E-state index in [1.54, 1.807) is 24.3 Å². The molecule has 4 N–H and O–H groups in total. The molecule has 1 atom stereocenters. The second-order valence-electron chi connectivity index (χ2n) is 6.47. The molecule has 0 radical (unpaired) electrons. The quantitative estimate of drug-likeness (QED) is 0.375. The smallest absolute Gasteiger partial charge is 0.342 e. The average molecular weight is 496 g/mol. The van der Waals surface area contributed by atoms with E-state index < -0.39 is 12.7 Å². The first-order valence-corrected chi connectivity index (χ1v) is 10.3. The molecule has 35 heavy (non-hydrogen) atoms. The molecule has 0 heterocycles. The van der Waals surface area contributed by atoms with Crippen LogP contribution in [0.25, 0.3) is 0 Å². The van der Waals surface area contributed by atoms with Gasteiger partial charge in [-0.05, 0) is 49.7 Å². The first kappa shape index (κ1) is 33.1. The highest BCUT2D eigenvalue weighted by Crippen LogP contribution is 2.21. The molecular formula is C24H31F2N3O6. The molecule has 0 saturated carbocycles. The Morgan fingerprint density at radius 2 is 1.60 bits per heavy atom. The van der Waals surface area contributed by atoms with Crippen molar-refractivity contribution in [1.82, 2.24) is 5.32 Å². The highest BCUT2D eigenvalue weighted by Gasteiger charge is 2.16. The Morgan fingerprint density at radius 1 is 1.14 bits per heavy atom. The molecule has 2 rings (SSSR count). The highest BCUT2D eigenvalue weighted by molar-refractivity contribution is 5.77. The summed E-state index contributed by atoms with van der Waals surface area (Å²) >= 11 is 0. The molecule has 0 bridgehead atoms. The molecule has 0 spiro atoms. The Morgan fingerprint density at radius 3 is 1.97 bits per heavy atom. The molecule has 192 valence electrons. The number of aliphatic hydroxyl groups excluding tert-OH is 1. The molecule has 0 aliphatic heterocycles. The number of hydrogen-bond acceptors (Lipinski definition) is 7. The summed E-state index contributed by atoms with van der Waals surface area (Å²) in [5, 5.41) is 17.8. The molecule has 0 aliphatic rings. The summed E-state index contributed by atoms with van der Waals surface area (Å²) < 4.78 is 29.9. The van der Waals surface area contributed by atoms with Gasteiger partial charge in [0, 0.05) is 0 Å². The number of nitrogens with one attached hydrogen (secondary N) is 1. The van der Waals surface area contributed by atoms with Crippen molar-refractivity contribution in [3.63, 3.8) is 0 Å². The van der Waals surface area contributed by atoms with Crippen LogP contribution in [0, 0.1) is 18.3 Å². The van der Waals surface area contributed by atoms with Crippen LogP contribution in [0.4, 0.5) is 8.78 Å². The number of carbonyl (C=O) groups excluding carboxylic acids is 3. The zero-order chi connectivity index (χ0) is 27.1.